The number of thiol groups is 1. The molecule has 1 aromatic rings. The van der Waals surface area contributed by atoms with Crippen molar-refractivity contribution in [3.8, 4) is 0 Å². The number of benzene rings is 1. The third-order valence-electron chi connectivity index (χ3n) is 2.90. The van der Waals surface area contributed by atoms with E-state index in [0.29, 0.717) is 5.92 Å². The number of hydrogen-bond acceptors (Lipinski definition) is 0. The molecule has 1 aliphatic rings. The lowest BCUT2D eigenvalue weighted by Gasteiger charge is -2.24. The lowest BCUT2D eigenvalue weighted by Crippen LogP contribution is -1.98. The fourth-order valence-corrected chi connectivity index (χ4v) is 3.70. The Morgan fingerprint density at radius 1 is 1.25 bits per heavy atom. The maximum Gasteiger partial charge on any atom is 0.123 e. The van der Waals surface area contributed by atoms with Gasteiger partial charge in [0.15, 0.2) is 0 Å². The molecule has 0 N–H and O–H groups in total. The van der Waals surface area contributed by atoms with Gasteiger partial charge in [0.25, 0.3) is 0 Å². The zero-order chi connectivity index (χ0) is 11.5. The zero-order valence-corrected chi connectivity index (χ0v) is 10.5. The van der Waals surface area contributed by atoms with Gasteiger partial charge in [0.1, 0.15) is 5.82 Å². The molecule has 0 saturated carbocycles. The van der Waals surface area contributed by atoms with Gasteiger partial charge in [0, 0.05) is 0 Å². The number of hydrogen-bond donors (Lipinski definition) is 1. The van der Waals surface area contributed by atoms with Crippen LogP contribution in [0, 0.1) is 11.7 Å². The Bertz CT molecular complexity index is 417. The van der Waals surface area contributed by atoms with Crippen molar-refractivity contribution in [3.05, 3.63) is 53.2 Å². The average molecular weight is 236 g/mol. The van der Waals surface area contributed by atoms with E-state index in [1.807, 2.05) is 12.1 Å². The fourth-order valence-electron chi connectivity index (χ4n) is 1.90. The standard InChI is InChI=1S/C14H17FS/c1-11-4-3-5-14(10-11)16(2)13-8-6-12(15)7-9-13/h3-9,11,16H,10H2,1-2H3. The minimum Gasteiger partial charge on any atom is -0.207 e. The van der Waals surface area contributed by atoms with Crippen LogP contribution in [0.4, 0.5) is 4.39 Å². The molecular weight excluding hydrogens is 219 g/mol. The molecule has 0 nitrogen and oxygen atoms in total. The Hall–Kier alpha value is -1.02. The molecule has 16 heavy (non-hydrogen) atoms. The molecule has 0 spiro atoms. The lowest BCUT2D eigenvalue weighted by molar-refractivity contribution is 0.626. The molecule has 0 fully saturated rings. The first kappa shape index (κ1) is 11.5. The van der Waals surface area contributed by atoms with Gasteiger partial charge in [0.2, 0.25) is 0 Å². The summed E-state index contributed by atoms with van der Waals surface area (Å²) >= 11 is 0. The topological polar surface area (TPSA) is 0 Å². The smallest absolute Gasteiger partial charge is 0.123 e. The van der Waals surface area contributed by atoms with E-state index < -0.39 is 0 Å². The van der Waals surface area contributed by atoms with Gasteiger partial charge in [-0.15, -0.1) is 0 Å². The van der Waals surface area contributed by atoms with E-state index in [2.05, 4.69) is 31.4 Å². The molecule has 0 amide bonds. The van der Waals surface area contributed by atoms with Gasteiger partial charge in [-0.2, -0.15) is 0 Å². The molecular formula is C14H17FS. The molecule has 0 aliphatic heterocycles. The Morgan fingerprint density at radius 2 is 1.94 bits per heavy atom. The summed E-state index contributed by atoms with van der Waals surface area (Å²) in [6.45, 7) is 2.23. The van der Waals surface area contributed by atoms with Crippen molar-refractivity contribution in [1.29, 1.82) is 0 Å². The second-order valence-corrected chi connectivity index (χ2v) is 6.47. The van der Waals surface area contributed by atoms with Gasteiger partial charge in [-0.3, -0.25) is 0 Å². The summed E-state index contributed by atoms with van der Waals surface area (Å²) in [5, 5.41) is 0. The highest BCUT2D eigenvalue weighted by atomic mass is 32.2. The predicted octanol–water partition coefficient (Wildman–Crippen LogP) is 4.30. The van der Waals surface area contributed by atoms with Crippen LogP contribution >= 0.6 is 10.9 Å². The second-order valence-electron chi connectivity index (χ2n) is 4.26. The first-order valence-electron chi connectivity index (χ1n) is 5.53. The molecule has 1 aliphatic carbocycles. The first-order chi connectivity index (χ1) is 7.66. The van der Waals surface area contributed by atoms with Gasteiger partial charge in [-0.1, -0.05) is 25.2 Å². The van der Waals surface area contributed by atoms with E-state index in [-0.39, 0.29) is 16.7 Å². The fraction of sp³-hybridized carbons (Fsp3) is 0.286. The zero-order valence-electron chi connectivity index (χ0n) is 9.65. The maximum absolute atomic E-state index is 12.8. The van der Waals surface area contributed by atoms with E-state index in [1.165, 1.54) is 9.80 Å². The van der Waals surface area contributed by atoms with Crippen molar-refractivity contribution in [3.63, 3.8) is 0 Å². The van der Waals surface area contributed by atoms with Crippen LogP contribution in [0.15, 0.2) is 52.3 Å². The van der Waals surface area contributed by atoms with Crippen LogP contribution in [0.2, 0.25) is 0 Å². The van der Waals surface area contributed by atoms with Gasteiger partial charge in [0.05, 0.1) is 0 Å². The molecule has 0 bridgehead atoms. The van der Waals surface area contributed by atoms with Gasteiger partial charge >= 0.3 is 0 Å². The molecule has 2 atom stereocenters. The Labute approximate surface area is 99.2 Å². The normalized spacial score (nSPS) is 22.8. The SMILES string of the molecule is CC1C=CC=C([SH](C)c2ccc(F)cc2)C1. The molecule has 86 valence electrons. The van der Waals surface area contributed by atoms with Gasteiger partial charge in [-0.05, 0) is 52.7 Å². The van der Waals surface area contributed by atoms with Crippen molar-refractivity contribution in [1.82, 2.24) is 0 Å². The van der Waals surface area contributed by atoms with Crippen LogP contribution < -0.4 is 0 Å². The summed E-state index contributed by atoms with van der Waals surface area (Å²) in [5.41, 5.74) is 0. The van der Waals surface area contributed by atoms with Crippen molar-refractivity contribution in [2.75, 3.05) is 6.26 Å². The molecule has 2 heteroatoms. The number of rotatable bonds is 2. The van der Waals surface area contributed by atoms with Crippen LogP contribution in [0.25, 0.3) is 0 Å². The molecule has 0 heterocycles. The monoisotopic (exact) mass is 236 g/mol. The molecule has 0 aromatic heterocycles. The van der Waals surface area contributed by atoms with Crippen molar-refractivity contribution in [2.24, 2.45) is 5.92 Å². The van der Waals surface area contributed by atoms with Crippen LogP contribution in [0.1, 0.15) is 13.3 Å². The van der Waals surface area contributed by atoms with Crippen LogP contribution in [0.5, 0.6) is 0 Å². The van der Waals surface area contributed by atoms with Crippen LogP contribution in [0.3, 0.4) is 0 Å². The average Bonchev–Trinajstić information content (AvgIpc) is 2.29. The van der Waals surface area contributed by atoms with E-state index in [4.69, 9.17) is 0 Å². The molecule has 2 rings (SSSR count). The van der Waals surface area contributed by atoms with Gasteiger partial charge < -0.3 is 0 Å². The van der Waals surface area contributed by atoms with Crippen molar-refractivity contribution < 1.29 is 4.39 Å². The van der Waals surface area contributed by atoms with E-state index in [9.17, 15) is 4.39 Å². The highest BCUT2D eigenvalue weighted by molar-refractivity contribution is 8.19. The Kier molecular flexibility index (Phi) is 3.49. The van der Waals surface area contributed by atoms with Crippen LogP contribution in [-0.4, -0.2) is 6.26 Å². The maximum atomic E-state index is 12.8. The van der Waals surface area contributed by atoms with E-state index >= 15 is 0 Å². The lowest BCUT2D eigenvalue weighted by atomic mass is 10.0. The third kappa shape index (κ3) is 2.56. The summed E-state index contributed by atoms with van der Waals surface area (Å²) in [7, 11) is -0.290. The van der Waals surface area contributed by atoms with Crippen LogP contribution in [-0.2, 0) is 0 Å². The number of halogens is 1. The summed E-state index contributed by atoms with van der Waals surface area (Å²) < 4.78 is 12.8. The van der Waals surface area contributed by atoms with Crippen molar-refractivity contribution >= 4 is 10.9 Å². The molecule has 2 unspecified atom stereocenters. The highest BCUT2D eigenvalue weighted by Crippen LogP contribution is 2.44. The third-order valence-corrected chi connectivity index (χ3v) is 5.17. The van der Waals surface area contributed by atoms with Gasteiger partial charge in [-0.25, -0.2) is 15.3 Å². The van der Waals surface area contributed by atoms with Crippen molar-refractivity contribution in [2.45, 2.75) is 18.2 Å². The Morgan fingerprint density at radius 3 is 2.56 bits per heavy atom. The van der Waals surface area contributed by atoms with E-state index in [1.54, 1.807) is 12.1 Å². The number of allylic oxidation sites excluding steroid dienone is 4. The first-order valence-corrected chi connectivity index (χ1v) is 7.32. The second kappa shape index (κ2) is 4.88. The molecule has 0 radical (unpaired) electrons. The quantitative estimate of drug-likeness (QED) is 0.727. The summed E-state index contributed by atoms with van der Waals surface area (Å²) in [4.78, 5) is 2.75. The largest absolute Gasteiger partial charge is 0.207 e. The minimum absolute atomic E-state index is 0.155. The Balaban J connectivity index is 2.19. The minimum atomic E-state index is -0.290. The van der Waals surface area contributed by atoms with E-state index in [0.717, 1.165) is 6.42 Å². The summed E-state index contributed by atoms with van der Waals surface area (Å²) in [6.07, 6.45) is 9.98. The highest BCUT2D eigenvalue weighted by Gasteiger charge is 2.12. The predicted molar refractivity (Wildman–Crippen MR) is 70.6 cm³/mol. The summed E-state index contributed by atoms with van der Waals surface area (Å²) in [5.74, 6) is 0.475. The summed E-state index contributed by atoms with van der Waals surface area (Å²) in [6, 6.07) is 6.92. The molecule has 1 aromatic carbocycles. The molecule has 0 saturated heterocycles.